The number of halogens is 1. The van der Waals surface area contributed by atoms with E-state index >= 15 is 0 Å². The number of aromatic nitrogens is 2. The lowest BCUT2D eigenvalue weighted by atomic mass is 10.1. The zero-order valence-electron chi connectivity index (χ0n) is 14.2. The molecule has 25 heavy (non-hydrogen) atoms. The van der Waals surface area contributed by atoms with Crippen LogP contribution in [-0.4, -0.2) is 32.9 Å². The van der Waals surface area contributed by atoms with E-state index < -0.39 is 18.0 Å². The fourth-order valence-electron chi connectivity index (χ4n) is 2.13. The van der Waals surface area contributed by atoms with Crippen LogP contribution in [-0.2, 0) is 11.8 Å². The summed E-state index contributed by atoms with van der Waals surface area (Å²) < 4.78 is 12.6. The van der Waals surface area contributed by atoms with Crippen LogP contribution in [0.4, 0.5) is 0 Å². The van der Waals surface area contributed by atoms with Crippen molar-refractivity contribution in [3.63, 3.8) is 0 Å². The zero-order chi connectivity index (χ0) is 18.9. The van der Waals surface area contributed by atoms with Gasteiger partial charge in [0.1, 0.15) is 5.75 Å². The molecule has 1 atom stereocenters. The third-order valence-corrected chi connectivity index (χ3v) is 3.91. The number of hydrogen-bond donors (Lipinski definition) is 2. The van der Waals surface area contributed by atoms with Crippen LogP contribution >= 0.6 is 11.6 Å². The van der Waals surface area contributed by atoms with Crippen molar-refractivity contribution in [1.82, 2.24) is 9.78 Å². The number of ether oxygens (including phenoxy) is 2. The molecule has 0 aliphatic carbocycles. The largest absolute Gasteiger partial charge is 0.479 e. The van der Waals surface area contributed by atoms with Crippen LogP contribution in [0.2, 0.25) is 5.02 Å². The number of nitrogens with two attached hydrogens (primary N) is 1. The van der Waals surface area contributed by atoms with Crippen molar-refractivity contribution in [2.75, 3.05) is 0 Å². The molecule has 0 saturated carbocycles. The second-order valence-electron chi connectivity index (χ2n) is 5.48. The summed E-state index contributed by atoms with van der Waals surface area (Å²) in [5.74, 6) is -1.37. The molecule has 1 heterocycles. The molecule has 3 N–H and O–H groups in total. The van der Waals surface area contributed by atoms with Gasteiger partial charge in [0.2, 0.25) is 5.88 Å². The highest BCUT2D eigenvalue weighted by Gasteiger charge is 2.21. The van der Waals surface area contributed by atoms with Gasteiger partial charge in [0.15, 0.2) is 11.9 Å². The van der Waals surface area contributed by atoms with Crippen molar-refractivity contribution in [3.05, 3.63) is 34.0 Å². The molecule has 2 aromatic rings. The predicted molar refractivity (Wildman–Crippen MR) is 90.5 cm³/mol. The highest BCUT2D eigenvalue weighted by molar-refractivity contribution is 6.32. The first-order valence-corrected chi connectivity index (χ1v) is 7.70. The molecule has 0 spiro atoms. The van der Waals surface area contributed by atoms with Gasteiger partial charge >= 0.3 is 5.97 Å². The smallest absolute Gasteiger partial charge is 0.344 e. The molecule has 0 bridgehead atoms. The van der Waals surface area contributed by atoms with Gasteiger partial charge < -0.3 is 20.3 Å². The maximum atomic E-state index is 11.6. The molecule has 1 aromatic carbocycles. The Bertz CT molecular complexity index is 847. The maximum Gasteiger partial charge on any atom is 0.344 e. The van der Waals surface area contributed by atoms with E-state index in [9.17, 15) is 9.59 Å². The second kappa shape index (κ2) is 7.02. The predicted octanol–water partition coefficient (Wildman–Crippen LogP) is 2.43. The Morgan fingerprint density at radius 1 is 1.32 bits per heavy atom. The summed E-state index contributed by atoms with van der Waals surface area (Å²) in [6, 6.07) is 2.62. The Morgan fingerprint density at radius 3 is 2.44 bits per heavy atom. The van der Waals surface area contributed by atoms with Gasteiger partial charge in [-0.2, -0.15) is 5.10 Å². The molecule has 2 rings (SSSR count). The quantitative estimate of drug-likeness (QED) is 0.809. The van der Waals surface area contributed by atoms with E-state index in [0.717, 1.165) is 11.3 Å². The minimum absolute atomic E-state index is 0.0293. The van der Waals surface area contributed by atoms with E-state index in [4.69, 9.17) is 31.9 Å². The van der Waals surface area contributed by atoms with E-state index in [2.05, 4.69) is 5.10 Å². The minimum Gasteiger partial charge on any atom is -0.479 e. The van der Waals surface area contributed by atoms with Crippen LogP contribution in [0.3, 0.4) is 0 Å². The van der Waals surface area contributed by atoms with Gasteiger partial charge in [-0.05, 0) is 26.8 Å². The Labute approximate surface area is 149 Å². The van der Waals surface area contributed by atoms with E-state index in [-0.39, 0.29) is 22.1 Å². The van der Waals surface area contributed by atoms with Crippen LogP contribution in [0.5, 0.6) is 17.4 Å². The number of carbonyl (C=O) groups is 2. The highest BCUT2D eigenvalue weighted by atomic mass is 35.5. The summed E-state index contributed by atoms with van der Waals surface area (Å²) >= 11 is 6.17. The lowest BCUT2D eigenvalue weighted by Crippen LogP contribution is -2.24. The molecular weight excluding hydrogens is 350 g/mol. The third kappa shape index (κ3) is 3.85. The number of benzene rings is 1. The van der Waals surface area contributed by atoms with Crippen molar-refractivity contribution < 1.29 is 24.2 Å². The van der Waals surface area contributed by atoms with Crippen LogP contribution in [0.15, 0.2) is 12.1 Å². The molecule has 0 unspecified atom stereocenters. The third-order valence-electron chi connectivity index (χ3n) is 3.62. The fraction of sp³-hybridized carbons (Fsp3) is 0.312. The summed E-state index contributed by atoms with van der Waals surface area (Å²) in [6.45, 7) is 5.01. The summed E-state index contributed by atoms with van der Waals surface area (Å²) in [6.07, 6.45) is -1.19. The average molecular weight is 368 g/mol. The number of aliphatic carboxylic acids is 1. The molecule has 0 fully saturated rings. The molecular formula is C16H18ClN3O5. The first-order valence-electron chi connectivity index (χ1n) is 7.32. The van der Waals surface area contributed by atoms with E-state index in [0.29, 0.717) is 5.88 Å². The fourth-order valence-corrected chi connectivity index (χ4v) is 2.34. The number of carboxylic acids is 1. The SMILES string of the molecule is Cc1nn(C)c(Oc2cc(O[C@@H](C)C(=O)O)c(C(N)=O)cc2Cl)c1C. The lowest BCUT2D eigenvalue weighted by Gasteiger charge is -2.16. The van der Waals surface area contributed by atoms with Crippen molar-refractivity contribution in [2.24, 2.45) is 12.8 Å². The molecule has 134 valence electrons. The van der Waals surface area contributed by atoms with Crippen molar-refractivity contribution in [3.8, 4) is 17.4 Å². The Morgan fingerprint density at radius 2 is 1.96 bits per heavy atom. The number of rotatable bonds is 6. The molecule has 0 aliphatic heterocycles. The van der Waals surface area contributed by atoms with Crippen molar-refractivity contribution >= 4 is 23.5 Å². The number of carboxylic acid groups (broad SMARTS) is 1. The summed E-state index contributed by atoms with van der Waals surface area (Å²) in [5, 5.41) is 13.4. The number of amides is 1. The van der Waals surface area contributed by atoms with E-state index in [1.165, 1.54) is 19.1 Å². The summed E-state index contributed by atoms with van der Waals surface area (Å²) in [4.78, 5) is 22.6. The highest BCUT2D eigenvalue weighted by Crippen LogP contribution is 2.37. The number of carbonyl (C=O) groups excluding carboxylic acids is 1. The maximum absolute atomic E-state index is 11.6. The van der Waals surface area contributed by atoms with E-state index in [1.807, 2.05) is 13.8 Å². The molecule has 1 amide bonds. The molecule has 1 aromatic heterocycles. The first-order chi connectivity index (χ1) is 11.6. The van der Waals surface area contributed by atoms with Gasteiger partial charge in [-0.1, -0.05) is 11.6 Å². The standard InChI is InChI=1S/C16H18ClN3O5/c1-7-8(2)19-20(4)15(7)25-13-6-12(24-9(3)16(22)23)10(14(18)21)5-11(13)17/h5-6,9H,1-4H3,(H2,18,21)(H,22,23)/t9-/m0/s1. The average Bonchev–Trinajstić information content (AvgIpc) is 2.75. The van der Waals surface area contributed by atoms with Gasteiger partial charge in [-0.25, -0.2) is 9.48 Å². The molecule has 9 heteroatoms. The van der Waals surface area contributed by atoms with Gasteiger partial charge in [-0.3, -0.25) is 4.79 Å². The molecule has 0 aliphatic rings. The Balaban J connectivity index is 2.48. The van der Waals surface area contributed by atoms with Gasteiger partial charge in [0.25, 0.3) is 5.91 Å². The number of hydrogen-bond acceptors (Lipinski definition) is 5. The molecule has 0 radical (unpaired) electrons. The van der Waals surface area contributed by atoms with Crippen LogP contribution in [0, 0.1) is 13.8 Å². The topological polar surface area (TPSA) is 117 Å². The van der Waals surface area contributed by atoms with Crippen molar-refractivity contribution in [2.45, 2.75) is 26.9 Å². The monoisotopic (exact) mass is 367 g/mol. The van der Waals surface area contributed by atoms with Crippen LogP contribution in [0.25, 0.3) is 0 Å². The van der Waals surface area contributed by atoms with Gasteiger partial charge in [0, 0.05) is 18.7 Å². The second-order valence-corrected chi connectivity index (χ2v) is 5.89. The minimum atomic E-state index is -1.19. The van der Waals surface area contributed by atoms with Gasteiger partial charge in [-0.15, -0.1) is 0 Å². The van der Waals surface area contributed by atoms with Crippen LogP contribution in [0.1, 0.15) is 28.5 Å². The molecule has 0 saturated heterocycles. The normalized spacial score (nSPS) is 11.9. The number of primary amides is 1. The zero-order valence-corrected chi connectivity index (χ0v) is 14.9. The van der Waals surface area contributed by atoms with Crippen molar-refractivity contribution in [1.29, 1.82) is 0 Å². The first kappa shape index (κ1) is 18.6. The Kier molecular flexibility index (Phi) is 5.22. The Hall–Kier alpha value is -2.74. The number of aryl methyl sites for hydroxylation is 2. The summed E-state index contributed by atoms with van der Waals surface area (Å²) in [5.41, 5.74) is 6.88. The molecule has 8 nitrogen and oxygen atoms in total. The summed E-state index contributed by atoms with van der Waals surface area (Å²) in [7, 11) is 1.71. The lowest BCUT2D eigenvalue weighted by molar-refractivity contribution is -0.144. The van der Waals surface area contributed by atoms with Crippen LogP contribution < -0.4 is 15.2 Å². The van der Waals surface area contributed by atoms with E-state index in [1.54, 1.807) is 11.7 Å². The number of nitrogens with zero attached hydrogens (tertiary/aromatic N) is 2. The van der Waals surface area contributed by atoms with Gasteiger partial charge in [0.05, 0.1) is 16.3 Å².